The summed E-state index contributed by atoms with van der Waals surface area (Å²) in [5.41, 5.74) is 1.50. The van der Waals surface area contributed by atoms with Gasteiger partial charge >= 0.3 is 0 Å². The van der Waals surface area contributed by atoms with Crippen LogP contribution in [0.4, 0.5) is 5.69 Å². The number of rotatable bonds is 9. The fourth-order valence-corrected chi connectivity index (χ4v) is 5.48. The number of hydrogen-bond acceptors (Lipinski definition) is 5. The molecule has 0 spiro atoms. The monoisotopic (exact) mass is 446 g/mol. The van der Waals surface area contributed by atoms with Crippen molar-refractivity contribution in [3.63, 3.8) is 0 Å². The van der Waals surface area contributed by atoms with Gasteiger partial charge in [0, 0.05) is 29.9 Å². The van der Waals surface area contributed by atoms with Gasteiger partial charge in [-0.1, -0.05) is 36.4 Å². The zero-order valence-corrected chi connectivity index (χ0v) is 18.4. The maximum Gasteiger partial charge on any atom is 0.243 e. The number of sulfonamides is 1. The van der Waals surface area contributed by atoms with Crippen LogP contribution in [0.1, 0.15) is 10.4 Å². The van der Waals surface area contributed by atoms with Gasteiger partial charge in [0.1, 0.15) is 0 Å². The molecule has 1 amide bonds. The Bertz CT molecular complexity index is 1020. The van der Waals surface area contributed by atoms with E-state index < -0.39 is 10.0 Å². The summed E-state index contributed by atoms with van der Waals surface area (Å²) in [5.74, 6) is 1.04. The van der Waals surface area contributed by atoms with Gasteiger partial charge in [0.2, 0.25) is 15.9 Å². The zero-order chi connectivity index (χ0) is 20.7. The number of nitrogens with zero attached hydrogens (tertiary/aromatic N) is 1. The van der Waals surface area contributed by atoms with Crippen molar-refractivity contribution in [1.29, 1.82) is 0 Å². The van der Waals surface area contributed by atoms with E-state index in [0.29, 0.717) is 18.0 Å². The first-order valence-electron chi connectivity index (χ1n) is 8.95. The average Bonchev–Trinajstić information content (AvgIpc) is 3.22. The van der Waals surface area contributed by atoms with Crippen LogP contribution in [0.5, 0.6) is 0 Å². The van der Waals surface area contributed by atoms with Crippen LogP contribution in [0.3, 0.4) is 0 Å². The highest BCUT2D eigenvalue weighted by Gasteiger charge is 2.20. The number of benzene rings is 2. The van der Waals surface area contributed by atoms with Crippen LogP contribution in [-0.2, 0) is 27.1 Å². The van der Waals surface area contributed by atoms with Crippen LogP contribution >= 0.6 is 23.1 Å². The van der Waals surface area contributed by atoms with Gasteiger partial charge in [0.15, 0.2) is 0 Å². The van der Waals surface area contributed by atoms with Gasteiger partial charge in [-0.25, -0.2) is 8.42 Å². The number of hydrogen-bond donors (Lipinski definition) is 1. The molecule has 0 saturated heterocycles. The maximum absolute atomic E-state index is 12.8. The summed E-state index contributed by atoms with van der Waals surface area (Å²) in [6.45, 7) is 0.295. The molecule has 0 fully saturated rings. The lowest BCUT2D eigenvalue weighted by atomic mass is 10.2. The largest absolute Gasteiger partial charge is 0.325 e. The molecule has 0 saturated carbocycles. The molecular formula is C21H22N2O3S3. The number of carbonyl (C=O) groups is 1. The molecule has 0 unspecified atom stereocenters. The van der Waals surface area contributed by atoms with E-state index in [4.69, 9.17) is 0 Å². The first-order chi connectivity index (χ1) is 13.9. The normalized spacial score (nSPS) is 11.5. The third kappa shape index (κ3) is 6.17. The zero-order valence-electron chi connectivity index (χ0n) is 15.9. The number of amides is 1. The fourth-order valence-electron chi connectivity index (χ4n) is 2.65. The number of nitrogens with one attached hydrogen (secondary N) is 1. The van der Waals surface area contributed by atoms with Crippen molar-refractivity contribution in [2.45, 2.75) is 17.2 Å². The van der Waals surface area contributed by atoms with Gasteiger partial charge < -0.3 is 5.32 Å². The van der Waals surface area contributed by atoms with E-state index >= 15 is 0 Å². The predicted octanol–water partition coefficient (Wildman–Crippen LogP) is 4.44. The standard InChI is InChI=1S/C21H22N2O3S3/c1-23(14-17-6-3-2-4-7-17)29(25,26)20-11-9-18(10-12-20)22-21(24)16-27-15-19-8-5-13-28-19/h2-13H,14-16H2,1H3,(H,22,24). The van der Waals surface area contributed by atoms with E-state index in [1.807, 2.05) is 47.8 Å². The van der Waals surface area contributed by atoms with Gasteiger partial charge in [-0.05, 0) is 41.3 Å². The smallest absolute Gasteiger partial charge is 0.243 e. The lowest BCUT2D eigenvalue weighted by Gasteiger charge is -2.17. The molecule has 0 aliphatic heterocycles. The molecule has 8 heteroatoms. The second-order valence-corrected chi connectivity index (χ2v) is 10.5. The summed E-state index contributed by atoms with van der Waals surface area (Å²) in [5, 5.41) is 4.82. The Morgan fingerprint density at radius 2 is 1.76 bits per heavy atom. The Morgan fingerprint density at radius 1 is 1.03 bits per heavy atom. The van der Waals surface area contributed by atoms with Crippen molar-refractivity contribution in [2.24, 2.45) is 0 Å². The summed E-state index contributed by atoms with van der Waals surface area (Å²) in [6, 6.07) is 19.7. The molecule has 0 atom stereocenters. The minimum absolute atomic E-state index is 0.108. The summed E-state index contributed by atoms with van der Waals surface area (Å²) in [7, 11) is -2.05. The molecule has 5 nitrogen and oxygen atoms in total. The Kier molecular flexibility index (Phi) is 7.49. The second kappa shape index (κ2) is 10.1. The average molecular weight is 447 g/mol. The lowest BCUT2D eigenvalue weighted by molar-refractivity contribution is -0.113. The topological polar surface area (TPSA) is 66.5 Å². The van der Waals surface area contributed by atoms with Gasteiger partial charge in [-0.3, -0.25) is 4.79 Å². The molecule has 1 aromatic heterocycles. The van der Waals surface area contributed by atoms with E-state index in [1.165, 1.54) is 21.3 Å². The summed E-state index contributed by atoms with van der Waals surface area (Å²) in [4.78, 5) is 13.5. The molecule has 2 aromatic carbocycles. The highest BCUT2D eigenvalue weighted by atomic mass is 32.2. The van der Waals surface area contributed by atoms with Crippen LogP contribution in [0.15, 0.2) is 77.0 Å². The van der Waals surface area contributed by atoms with Gasteiger partial charge in [0.05, 0.1) is 10.6 Å². The van der Waals surface area contributed by atoms with Crippen molar-refractivity contribution < 1.29 is 13.2 Å². The Labute approximate surface area is 179 Å². The number of thiophene rings is 1. The third-order valence-corrected chi connectivity index (χ3v) is 8.01. The fraction of sp³-hybridized carbons (Fsp3) is 0.190. The van der Waals surface area contributed by atoms with Crippen LogP contribution in [-0.4, -0.2) is 31.4 Å². The van der Waals surface area contributed by atoms with Crippen LogP contribution in [0.2, 0.25) is 0 Å². The molecule has 29 heavy (non-hydrogen) atoms. The second-order valence-electron chi connectivity index (χ2n) is 6.39. The molecule has 0 aliphatic rings. The van der Waals surface area contributed by atoms with Crippen molar-refractivity contribution in [3.05, 3.63) is 82.6 Å². The maximum atomic E-state index is 12.8. The first kappa shape index (κ1) is 21.6. The highest BCUT2D eigenvalue weighted by Crippen LogP contribution is 2.20. The van der Waals surface area contributed by atoms with Crippen LogP contribution in [0, 0.1) is 0 Å². The molecular weight excluding hydrogens is 424 g/mol. The highest BCUT2D eigenvalue weighted by molar-refractivity contribution is 7.99. The molecule has 0 bridgehead atoms. The van der Waals surface area contributed by atoms with Crippen molar-refractivity contribution in [3.8, 4) is 0 Å². The molecule has 0 aliphatic carbocycles. The third-order valence-electron chi connectivity index (χ3n) is 4.15. The van der Waals surface area contributed by atoms with Crippen LogP contribution < -0.4 is 5.32 Å². The van der Waals surface area contributed by atoms with E-state index in [0.717, 1.165) is 11.3 Å². The number of anilines is 1. The predicted molar refractivity (Wildman–Crippen MR) is 121 cm³/mol. The van der Waals surface area contributed by atoms with Gasteiger partial charge in [-0.2, -0.15) is 4.31 Å². The van der Waals surface area contributed by atoms with Gasteiger partial charge in [0.25, 0.3) is 0 Å². The lowest BCUT2D eigenvalue weighted by Crippen LogP contribution is -2.26. The molecule has 3 aromatic rings. The van der Waals surface area contributed by atoms with Crippen molar-refractivity contribution >= 4 is 44.7 Å². The number of carbonyl (C=O) groups excluding carboxylic acids is 1. The summed E-state index contributed by atoms with van der Waals surface area (Å²) < 4.78 is 26.8. The molecule has 1 N–H and O–H groups in total. The Hall–Kier alpha value is -2.13. The molecule has 0 radical (unpaired) electrons. The molecule has 1 heterocycles. The van der Waals surface area contributed by atoms with Crippen molar-refractivity contribution in [2.75, 3.05) is 18.1 Å². The first-order valence-corrected chi connectivity index (χ1v) is 12.4. The summed E-state index contributed by atoms with van der Waals surface area (Å²) in [6.07, 6.45) is 0. The van der Waals surface area contributed by atoms with E-state index in [1.54, 1.807) is 42.3 Å². The van der Waals surface area contributed by atoms with Crippen LogP contribution in [0.25, 0.3) is 0 Å². The van der Waals surface area contributed by atoms with Crippen molar-refractivity contribution in [1.82, 2.24) is 4.31 Å². The Balaban J connectivity index is 1.55. The molecule has 152 valence electrons. The molecule has 3 rings (SSSR count). The summed E-state index contributed by atoms with van der Waals surface area (Å²) >= 11 is 3.22. The number of thioether (sulfide) groups is 1. The van der Waals surface area contributed by atoms with E-state index in [9.17, 15) is 13.2 Å². The van der Waals surface area contributed by atoms with E-state index in [2.05, 4.69) is 5.32 Å². The van der Waals surface area contributed by atoms with E-state index in [-0.39, 0.29) is 10.8 Å². The van der Waals surface area contributed by atoms with Gasteiger partial charge in [-0.15, -0.1) is 23.1 Å². The minimum atomic E-state index is -3.60. The Morgan fingerprint density at radius 3 is 2.41 bits per heavy atom. The SMILES string of the molecule is CN(Cc1ccccc1)S(=O)(=O)c1ccc(NC(=O)CSCc2cccs2)cc1. The quantitative estimate of drug-likeness (QED) is 0.528. The minimum Gasteiger partial charge on any atom is -0.325 e.